The van der Waals surface area contributed by atoms with Gasteiger partial charge in [-0.1, -0.05) is 0 Å². The molecule has 0 saturated heterocycles. The average molecular weight is 332 g/mol. The summed E-state index contributed by atoms with van der Waals surface area (Å²) in [6.07, 6.45) is 0. The van der Waals surface area contributed by atoms with Crippen molar-refractivity contribution < 1.29 is 14.0 Å². The molecule has 0 bridgehead atoms. The summed E-state index contributed by atoms with van der Waals surface area (Å²) in [4.78, 5) is 24.9. The Hall–Kier alpha value is -1.63. The Bertz CT molecular complexity index is 508. The number of likely N-dealkylation sites (N-methyl/N-ethyl adjacent to an activating group) is 2. The number of benzene rings is 1. The van der Waals surface area contributed by atoms with E-state index in [0.29, 0.717) is 11.0 Å². The molecule has 7 heteroatoms. The highest BCUT2D eigenvalue weighted by molar-refractivity contribution is 9.10. The second-order valence-corrected chi connectivity index (χ2v) is 4.70. The minimum Gasteiger partial charge on any atom is -0.396 e. The van der Waals surface area contributed by atoms with Crippen molar-refractivity contribution in [1.82, 2.24) is 10.2 Å². The first-order chi connectivity index (χ1) is 8.90. The summed E-state index contributed by atoms with van der Waals surface area (Å²) in [6, 6.07) is 2.39. The van der Waals surface area contributed by atoms with Crippen molar-refractivity contribution in [1.29, 1.82) is 0 Å². The van der Waals surface area contributed by atoms with Crippen LogP contribution in [0, 0.1) is 5.82 Å². The van der Waals surface area contributed by atoms with Crippen molar-refractivity contribution in [3.8, 4) is 0 Å². The highest BCUT2D eigenvalue weighted by Gasteiger charge is 2.20. The molecule has 1 aromatic carbocycles. The monoisotopic (exact) mass is 331 g/mol. The number of nitrogen functional groups attached to an aromatic ring is 1. The number of nitrogens with one attached hydrogen (secondary N) is 1. The predicted octanol–water partition coefficient (Wildman–Crippen LogP) is 1.38. The largest absolute Gasteiger partial charge is 0.396 e. The number of carbonyl (C=O) groups excluding carboxylic acids is 2. The van der Waals surface area contributed by atoms with Crippen LogP contribution in [-0.4, -0.2) is 36.9 Å². The van der Waals surface area contributed by atoms with Crippen LogP contribution in [0.4, 0.5) is 10.1 Å². The molecular weight excluding hydrogens is 317 g/mol. The summed E-state index contributed by atoms with van der Waals surface area (Å²) in [6.45, 7) is 2.05. The van der Waals surface area contributed by atoms with E-state index < -0.39 is 5.82 Å². The Morgan fingerprint density at radius 3 is 2.63 bits per heavy atom. The Morgan fingerprint density at radius 1 is 1.47 bits per heavy atom. The first-order valence-electron chi connectivity index (χ1n) is 5.65. The minimum atomic E-state index is -0.599. The van der Waals surface area contributed by atoms with Crippen LogP contribution in [0.5, 0.6) is 0 Å². The van der Waals surface area contributed by atoms with Crippen molar-refractivity contribution in [2.24, 2.45) is 0 Å². The number of amides is 2. The van der Waals surface area contributed by atoms with Crippen molar-refractivity contribution >= 4 is 33.4 Å². The SMILES string of the molecule is CCN(CC(=O)NC)C(=O)c1cc(N)c(F)cc1Br. The third kappa shape index (κ3) is 3.66. The van der Waals surface area contributed by atoms with Crippen molar-refractivity contribution in [3.63, 3.8) is 0 Å². The summed E-state index contributed by atoms with van der Waals surface area (Å²) < 4.78 is 13.5. The second kappa shape index (κ2) is 6.51. The normalized spacial score (nSPS) is 10.1. The van der Waals surface area contributed by atoms with E-state index >= 15 is 0 Å². The van der Waals surface area contributed by atoms with E-state index in [9.17, 15) is 14.0 Å². The lowest BCUT2D eigenvalue weighted by molar-refractivity contribution is -0.121. The molecule has 0 saturated carbocycles. The van der Waals surface area contributed by atoms with Crippen molar-refractivity contribution in [3.05, 3.63) is 28.0 Å². The molecule has 104 valence electrons. The maximum Gasteiger partial charge on any atom is 0.255 e. The number of hydrogen-bond donors (Lipinski definition) is 2. The Labute approximate surface area is 119 Å². The zero-order valence-electron chi connectivity index (χ0n) is 10.7. The number of nitrogens with zero attached hydrogens (tertiary/aromatic N) is 1. The zero-order chi connectivity index (χ0) is 14.6. The fourth-order valence-electron chi connectivity index (χ4n) is 1.48. The molecule has 0 aromatic heterocycles. The molecule has 3 N–H and O–H groups in total. The van der Waals surface area contributed by atoms with Crippen LogP contribution in [0.2, 0.25) is 0 Å². The predicted molar refractivity (Wildman–Crippen MR) is 74.2 cm³/mol. The molecule has 1 aromatic rings. The number of nitrogens with two attached hydrogens (primary N) is 1. The van der Waals surface area contributed by atoms with Gasteiger partial charge in [0.15, 0.2) is 0 Å². The van der Waals surface area contributed by atoms with Gasteiger partial charge in [-0.3, -0.25) is 9.59 Å². The van der Waals surface area contributed by atoms with E-state index in [1.54, 1.807) is 6.92 Å². The van der Waals surface area contributed by atoms with E-state index in [1.165, 1.54) is 18.0 Å². The lowest BCUT2D eigenvalue weighted by Gasteiger charge is -2.20. The van der Waals surface area contributed by atoms with E-state index in [4.69, 9.17) is 5.73 Å². The first-order valence-corrected chi connectivity index (χ1v) is 6.44. The summed E-state index contributed by atoms with van der Waals surface area (Å²) in [7, 11) is 1.49. The molecule has 0 aliphatic rings. The number of anilines is 1. The van der Waals surface area contributed by atoms with Gasteiger partial charge in [0.25, 0.3) is 5.91 Å². The van der Waals surface area contributed by atoms with Gasteiger partial charge in [0, 0.05) is 18.1 Å². The highest BCUT2D eigenvalue weighted by atomic mass is 79.9. The van der Waals surface area contributed by atoms with Crippen LogP contribution in [-0.2, 0) is 4.79 Å². The van der Waals surface area contributed by atoms with Gasteiger partial charge in [0.2, 0.25) is 5.91 Å². The molecule has 0 heterocycles. The third-order valence-corrected chi connectivity index (χ3v) is 3.26. The second-order valence-electron chi connectivity index (χ2n) is 3.85. The van der Waals surface area contributed by atoms with Crippen LogP contribution < -0.4 is 11.1 Å². The minimum absolute atomic E-state index is 0.0600. The molecule has 0 unspecified atom stereocenters. The maximum atomic E-state index is 13.2. The molecule has 0 radical (unpaired) electrons. The van der Waals surface area contributed by atoms with Gasteiger partial charge < -0.3 is 16.0 Å². The molecule has 2 amide bonds. The van der Waals surface area contributed by atoms with Gasteiger partial charge in [-0.2, -0.15) is 0 Å². The topological polar surface area (TPSA) is 75.4 Å². The molecule has 0 spiro atoms. The van der Waals surface area contributed by atoms with E-state index in [1.807, 2.05) is 0 Å². The van der Waals surface area contributed by atoms with Gasteiger partial charge in [-0.05, 0) is 35.0 Å². The van der Waals surface area contributed by atoms with E-state index in [2.05, 4.69) is 21.2 Å². The molecule has 0 aliphatic heterocycles. The van der Waals surface area contributed by atoms with Gasteiger partial charge in [-0.25, -0.2) is 4.39 Å². The number of rotatable bonds is 4. The number of hydrogen-bond acceptors (Lipinski definition) is 3. The van der Waals surface area contributed by atoms with E-state index in [-0.39, 0.29) is 29.6 Å². The molecule has 0 atom stereocenters. The summed E-state index contributed by atoms with van der Waals surface area (Å²) in [5.74, 6) is -1.26. The van der Waals surface area contributed by atoms with Gasteiger partial charge in [0.1, 0.15) is 5.82 Å². The molecular formula is C12H15BrFN3O2. The molecule has 0 fully saturated rings. The molecule has 1 rings (SSSR count). The number of halogens is 2. The summed E-state index contributed by atoms with van der Waals surface area (Å²) in [5.41, 5.74) is 5.57. The fourth-order valence-corrected chi connectivity index (χ4v) is 1.96. The Morgan fingerprint density at radius 2 is 2.11 bits per heavy atom. The van der Waals surface area contributed by atoms with Crippen molar-refractivity contribution in [2.45, 2.75) is 6.92 Å². The average Bonchev–Trinajstić information content (AvgIpc) is 2.39. The van der Waals surface area contributed by atoms with Gasteiger partial charge >= 0.3 is 0 Å². The maximum absolute atomic E-state index is 13.2. The molecule has 19 heavy (non-hydrogen) atoms. The Kier molecular flexibility index (Phi) is 5.29. The summed E-state index contributed by atoms with van der Waals surface area (Å²) >= 11 is 3.12. The van der Waals surface area contributed by atoms with Crippen LogP contribution in [0.15, 0.2) is 16.6 Å². The van der Waals surface area contributed by atoms with Crippen molar-refractivity contribution in [2.75, 3.05) is 25.9 Å². The number of carbonyl (C=O) groups is 2. The zero-order valence-corrected chi connectivity index (χ0v) is 12.3. The standard InChI is InChI=1S/C12H15BrFN3O2/c1-3-17(6-11(18)16-2)12(19)7-4-10(15)9(14)5-8(7)13/h4-5H,3,6,15H2,1-2H3,(H,16,18). The third-order valence-electron chi connectivity index (χ3n) is 2.60. The molecule has 5 nitrogen and oxygen atoms in total. The van der Waals surface area contributed by atoms with E-state index in [0.717, 1.165) is 6.07 Å². The van der Waals surface area contributed by atoms with Gasteiger partial charge in [-0.15, -0.1) is 0 Å². The molecule has 0 aliphatic carbocycles. The highest BCUT2D eigenvalue weighted by Crippen LogP contribution is 2.24. The smallest absolute Gasteiger partial charge is 0.255 e. The van der Waals surface area contributed by atoms with Crippen LogP contribution in [0.1, 0.15) is 17.3 Å². The van der Waals surface area contributed by atoms with Crippen LogP contribution in [0.3, 0.4) is 0 Å². The lowest BCUT2D eigenvalue weighted by Crippen LogP contribution is -2.39. The summed E-state index contributed by atoms with van der Waals surface area (Å²) in [5, 5.41) is 2.44. The Balaban J connectivity index is 3.04. The fraction of sp³-hybridized carbons (Fsp3) is 0.333. The van der Waals surface area contributed by atoms with Crippen LogP contribution in [0.25, 0.3) is 0 Å². The first kappa shape index (κ1) is 15.4. The quantitative estimate of drug-likeness (QED) is 0.818. The van der Waals surface area contributed by atoms with Crippen LogP contribution >= 0.6 is 15.9 Å². The van der Waals surface area contributed by atoms with Gasteiger partial charge in [0.05, 0.1) is 17.8 Å². The lowest BCUT2D eigenvalue weighted by atomic mass is 10.1.